The average molecular weight is 281 g/mol. The summed E-state index contributed by atoms with van der Waals surface area (Å²) in [5.74, 6) is -0.503. The van der Waals surface area contributed by atoms with Gasteiger partial charge in [-0.15, -0.1) is 0 Å². The summed E-state index contributed by atoms with van der Waals surface area (Å²) in [5, 5.41) is 0.366. The second-order valence-corrected chi connectivity index (χ2v) is 5.87. The molecule has 2 aliphatic rings. The molecule has 1 aliphatic carbocycles. The number of carbonyl (C=O) groups is 1. The molecule has 2 atom stereocenters. The standard InChI is InChI=1S/C15H14ClFO2/c1-9-5-10-8-19-14(18)15(10,6-9)7-11-12(16)3-2-4-13(11)17/h2-4,10H,1,5-8H2. The van der Waals surface area contributed by atoms with Crippen LogP contribution in [0.25, 0.3) is 0 Å². The number of benzene rings is 1. The molecule has 3 rings (SSSR count). The van der Waals surface area contributed by atoms with Crippen LogP contribution in [-0.4, -0.2) is 12.6 Å². The van der Waals surface area contributed by atoms with Crippen LogP contribution in [0.5, 0.6) is 0 Å². The molecule has 19 heavy (non-hydrogen) atoms. The van der Waals surface area contributed by atoms with Crippen molar-refractivity contribution in [1.29, 1.82) is 0 Å². The number of allylic oxidation sites excluding steroid dienone is 1. The van der Waals surface area contributed by atoms with Crippen LogP contribution in [0.1, 0.15) is 18.4 Å². The molecule has 100 valence electrons. The van der Waals surface area contributed by atoms with Crippen molar-refractivity contribution in [2.75, 3.05) is 6.61 Å². The van der Waals surface area contributed by atoms with Crippen LogP contribution in [0.15, 0.2) is 30.4 Å². The van der Waals surface area contributed by atoms with E-state index in [0.29, 0.717) is 30.0 Å². The molecular weight excluding hydrogens is 267 g/mol. The lowest BCUT2D eigenvalue weighted by molar-refractivity contribution is -0.146. The van der Waals surface area contributed by atoms with Gasteiger partial charge in [-0.3, -0.25) is 4.79 Å². The van der Waals surface area contributed by atoms with Crippen molar-refractivity contribution < 1.29 is 13.9 Å². The molecule has 0 spiro atoms. The molecule has 0 bridgehead atoms. The number of esters is 1. The Hall–Kier alpha value is -1.35. The first kappa shape index (κ1) is 12.7. The third kappa shape index (κ3) is 1.88. The zero-order chi connectivity index (χ0) is 13.6. The van der Waals surface area contributed by atoms with Crippen LogP contribution in [-0.2, 0) is 16.0 Å². The molecule has 1 saturated heterocycles. The Morgan fingerprint density at radius 1 is 1.53 bits per heavy atom. The van der Waals surface area contributed by atoms with E-state index in [1.54, 1.807) is 12.1 Å². The quantitative estimate of drug-likeness (QED) is 0.612. The van der Waals surface area contributed by atoms with Crippen LogP contribution in [0.3, 0.4) is 0 Å². The van der Waals surface area contributed by atoms with Gasteiger partial charge in [-0.05, 0) is 31.4 Å². The van der Waals surface area contributed by atoms with E-state index in [9.17, 15) is 9.18 Å². The van der Waals surface area contributed by atoms with Crippen molar-refractivity contribution in [3.63, 3.8) is 0 Å². The van der Waals surface area contributed by atoms with E-state index in [4.69, 9.17) is 16.3 Å². The summed E-state index contributed by atoms with van der Waals surface area (Å²) in [6.45, 7) is 4.37. The van der Waals surface area contributed by atoms with Crippen LogP contribution < -0.4 is 0 Å². The van der Waals surface area contributed by atoms with Crippen molar-refractivity contribution in [1.82, 2.24) is 0 Å². The van der Waals surface area contributed by atoms with Gasteiger partial charge < -0.3 is 4.74 Å². The third-order valence-electron chi connectivity index (χ3n) is 4.26. The van der Waals surface area contributed by atoms with Crippen molar-refractivity contribution in [3.8, 4) is 0 Å². The van der Waals surface area contributed by atoms with Gasteiger partial charge in [0.2, 0.25) is 0 Å². The zero-order valence-electron chi connectivity index (χ0n) is 10.4. The number of halogens is 2. The fraction of sp³-hybridized carbons (Fsp3) is 0.400. The first-order chi connectivity index (χ1) is 9.03. The SMILES string of the molecule is C=C1CC2COC(=O)C2(Cc2c(F)cccc2Cl)C1. The highest BCUT2D eigenvalue weighted by molar-refractivity contribution is 6.31. The predicted molar refractivity (Wildman–Crippen MR) is 70.4 cm³/mol. The van der Waals surface area contributed by atoms with Gasteiger partial charge >= 0.3 is 5.97 Å². The largest absolute Gasteiger partial charge is 0.465 e. The molecule has 2 nitrogen and oxygen atoms in total. The summed E-state index contributed by atoms with van der Waals surface area (Å²) in [6.07, 6.45) is 1.64. The highest BCUT2D eigenvalue weighted by Gasteiger charge is 2.56. The van der Waals surface area contributed by atoms with E-state index in [1.807, 2.05) is 0 Å². The fourth-order valence-corrected chi connectivity index (χ4v) is 3.51. The Labute approximate surface area is 116 Å². The first-order valence-corrected chi connectivity index (χ1v) is 6.67. The first-order valence-electron chi connectivity index (χ1n) is 6.30. The molecule has 4 heteroatoms. The molecule has 1 heterocycles. The smallest absolute Gasteiger partial charge is 0.313 e. The number of carbonyl (C=O) groups excluding carboxylic acids is 1. The molecular formula is C15H14ClFO2. The van der Waals surface area contributed by atoms with Crippen LogP contribution in [0.2, 0.25) is 5.02 Å². The van der Waals surface area contributed by atoms with Gasteiger partial charge in [-0.2, -0.15) is 0 Å². The van der Waals surface area contributed by atoms with E-state index in [2.05, 4.69) is 6.58 Å². The van der Waals surface area contributed by atoms with Crippen molar-refractivity contribution in [3.05, 3.63) is 46.8 Å². The maximum atomic E-state index is 13.9. The lowest BCUT2D eigenvalue weighted by Gasteiger charge is -2.24. The minimum absolute atomic E-state index is 0.100. The number of fused-ring (bicyclic) bond motifs is 1. The van der Waals surface area contributed by atoms with Crippen LogP contribution in [0.4, 0.5) is 4.39 Å². The highest BCUT2D eigenvalue weighted by atomic mass is 35.5. The lowest BCUT2D eigenvalue weighted by atomic mass is 9.75. The number of rotatable bonds is 2. The van der Waals surface area contributed by atoms with Crippen LogP contribution in [0, 0.1) is 17.2 Å². The Bertz CT molecular complexity index is 549. The second kappa shape index (κ2) is 4.34. The van der Waals surface area contributed by atoms with E-state index in [0.717, 1.165) is 12.0 Å². The van der Waals surface area contributed by atoms with Gasteiger partial charge in [0.25, 0.3) is 0 Å². The van der Waals surface area contributed by atoms with E-state index >= 15 is 0 Å². The molecule has 1 aliphatic heterocycles. The van der Waals surface area contributed by atoms with Gasteiger partial charge in [-0.25, -0.2) is 4.39 Å². The van der Waals surface area contributed by atoms with Crippen LogP contribution >= 0.6 is 11.6 Å². The highest BCUT2D eigenvalue weighted by Crippen LogP contribution is 2.53. The van der Waals surface area contributed by atoms with Crippen molar-refractivity contribution in [2.45, 2.75) is 19.3 Å². The molecule has 1 aromatic rings. The monoisotopic (exact) mass is 280 g/mol. The second-order valence-electron chi connectivity index (χ2n) is 5.46. The van der Waals surface area contributed by atoms with E-state index < -0.39 is 5.41 Å². The molecule has 1 saturated carbocycles. The molecule has 2 unspecified atom stereocenters. The molecule has 1 aromatic carbocycles. The minimum atomic E-state index is -0.664. The maximum absolute atomic E-state index is 13.9. The third-order valence-corrected chi connectivity index (χ3v) is 4.61. The Morgan fingerprint density at radius 3 is 3.05 bits per heavy atom. The normalized spacial score (nSPS) is 29.5. The summed E-state index contributed by atoms with van der Waals surface area (Å²) >= 11 is 6.06. The van der Waals surface area contributed by atoms with Crippen molar-refractivity contribution >= 4 is 17.6 Å². The van der Waals surface area contributed by atoms with E-state index in [-0.39, 0.29) is 17.7 Å². The zero-order valence-corrected chi connectivity index (χ0v) is 11.2. The Morgan fingerprint density at radius 2 is 2.32 bits per heavy atom. The number of hydrogen-bond acceptors (Lipinski definition) is 2. The van der Waals surface area contributed by atoms with Gasteiger partial charge in [0.15, 0.2) is 0 Å². The molecule has 2 fully saturated rings. The predicted octanol–water partition coefficient (Wildman–Crippen LogP) is 3.53. The number of cyclic esters (lactones) is 1. The van der Waals surface area contributed by atoms with Gasteiger partial charge in [0.1, 0.15) is 5.82 Å². The van der Waals surface area contributed by atoms with Gasteiger partial charge in [0.05, 0.1) is 12.0 Å². The molecule has 0 aromatic heterocycles. The summed E-state index contributed by atoms with van der Waals surface area (Å²) in [7, 11) is 0. The Balaban J connectivity index is 2.01. The minimum Gasteiger partial charge on any atom is -0.465 e. The lowest BCUT2D eigenvalue weighted by Crippen LogP contribution is -2.32. The fourth-order valence-electron chi connectivity index (χ4n) is 3.28. The summed E-state index contributed by atoms with van der Waals surface area (Å²) < 4.78 is 19.1. The van der Waals surface area contributed by atoms with Gasteiger partial charge in [-0.1, -0.05) is 29.8 Å². The topological polar surface area (TPSA) is 26.3 Å². The average Bonchev–Trinajstić information content (AvgIpc) is 2.81. The summed E-state index contributed by atoms with van der Waals surface area (Å²) in [4.78, 5) is 12.1. The summed E-state index contributed by atoms with van der Waals surface area (Å²) in [6, 6.07) is 4.59. The summed E-state index contributed by atoms with van der Waals surface area (Å²) in [5.41, 5.74) is 0.778. The number of hydrogen-bond donors (Lipinski definition) is 0. The molecule has 0 N–H and O–H groups in total. The van der Waals surface area contributed by atoms with Gasteiger partial charge in [0, 0.05) is 16.5 Å². The molecule has 0 amide bonds. The van der Waals surface area contributed by atoms with E-state index in [1.165, 1.54) is 6.07 Å². The number of ether oxygens (including phenoxy) is 1. The molecule has 0 radical (unpaired) electrons. The van der Waals surface area contributed by atoms with Crippen molar-refractivity contribution in [2.24, 2.45) is 11.3 Å². The Kier molecular flexibility index (Phi) is 2.90. The maximum Gasteiger partial charge on any atom is 0.313 e.